The predicted molar refractivity (Wildman–Crippen MR) is 172 cm³/mol. The highest BCUT2D eigenvalue weighted by atomic mass is 32.2. The zero-order valence-corrected chi connectivity index (χ0v) is 27.0. The van der Waals surface area contributed by atoms with E-state index in [1.54, 1.807) is 6.07 Å². The van der Waals surface area contributed by atoms with Gasteiger partial charge in [-0.1, -0.05) is 49.7 Å². The molecule has 2 aliphatic rings. The van der Waals surface area contributed by atoms with Gasteiger partial charge in [0.1, 0.15) is 17.2 Å². The Morgan fingerprint density at radius 2 is 1.82 bits per heavy atom. The number of carbonyl (C=O) groups excluding carboxylic acids is 1. The van der Waals surface area contributed by atoms with Crippen LogP contribution in [0.1, 0.15) is 70.9 Å². The quantitative estimate of drug-likeness (QED) is 0.0709. The molecule has 0 aliphatic carbocycles. The van der Waals surface area contributed by atoms with Crippen LogP contribution >= 0.6 is 0 Å². The third-order valence-corrected chi connectivity index (χ3v) is 9.54. The van der Waals surface area contributed by atoms with Crippen molar-refractivity contribution in [1.82, 2.24) is 5.32 Å². The average molecular weight is 619 g/mol. The molecule has 0 spiro atoms. The van der Waals surface area contributed by atoms with Gasteiger partial charge in [0.05, 0.1) is 10.3 Å². The van der Waals surface area contributed by atoms with Crippen molar-refractivity contribution < 1.29 is 22.3 Å². The van der Waals surface area contributed by atoms with Crippen LogP contribution in [0.15, 0.2) is 76.4 Å². The number of para-hydroxylation sites is 1. The molecule has 2 heterocycles. The van der Waals surface area contributed by atoms with Gasteiger partial charge in [-0.3, -0.25) is 4.79 Å². The number of nitrogens with zero attached hydrogens (tertiary/aromatic N) is 5. The lowest BCUT2D eigenvalue weighted by Crippen LogP contribution is -2.28. The van der Waals surface area contributed by atoms with E-state index in [0.29, 0.717) is 32.5 Å². The smallest absolute Gasteiger partial charge is 0.219 e. The van der Waals surface area contributed by atoms with Gasteiger partial charge in [-0.2, -0.15) is 4.58 Å². The second-order valence-corrected chi connectivity index (χ2v) is 13.8. The number of carbonyl (C=O) groups is 1. The summed E-state index contributed by atoms with van der Waals surface area (Å²) in [6, 6.07) is 13.0. The van der Waals surface area contributed by atoms with Gasteiger partial charge in [-0.25, -0.2) is 8.42 Å². The molecule has 2 aromatic carbocycles. The number of rotatable bonds is 13. The molecule has 234 valence electrons. The van der Waals surface area contributed by atoms with E-state index in [9.17, 15) is 17.8 Å². The normalized spacial score (nSPS) is 17.6. The minimum atomic E-state index is -4.60. The molecule has 0 atom stereocenters. The van der Waals surface area contributed by atoms with Crippen LogP contribution in [0.4, 0.5) is 11.4 Å². The Kier molecular flexibility index (Phi) is 10.0. The van der Waals surface area contributed by atoms with Crippen LogP contribution in [0.5, 0.6) is 0 Å². The first kappa shape index (κ1) is 33.0. The Hall–Kier alpha value is -3.92. The van der Waals surface area contributed by atoms with E-state index in [1.807, 2.05) is 19.9 Å². The molecule has 0 aromatic heterocycles. The number of hydrogen-bond donors (Lipinski definition) is 1. The lowest BCUT2D eigenvalue weighted by molar-refractivity contribution is -0.401. The Bertz CT molecular complexity index is 1670. The second-order valence-electron chi connectivity index (χ2n) is 12.4. The summed E-state index contributed by atoms with van der Waals surface area (Å²) >= 11 is 0. The lowest BCUT2D eigenvalue weighted by atomic mass is 9.81. The summed E-state index contributed by atoms with van der Waals surface area (Å²) in [5.41, 5.74) is 14.0. The van der Waals surface area contributed by atoms with Crippen molar-refractivity contribution in [3.63, 3.8) is 0 Å². The van der Waals surface area contributed by atoms with E-state index in [0.717, 1.165) is 36.2 Å². The zero-order chi connectivity index (χ0) is 32.1. The van der Waals surface area contributed by atoms with Crippen molar-refractivity contribution in [3.8, 4) is 0 Å². The predicted octanol–water partition coefficient (Wildman–Crippen LogP) is 6.21. The van der Waals surface area contributed by atoms with E-state index in [1.165, 1.54) is 29.1 Å². The highest BCUT2D eigenvalue weighted by Crippen LogP contribution is 2.48. The topological polar surface area (TPSA) is 141 Å². The molecule has 1 N–H and O–H groups in total. The van der Waals surface area contributed by atoms with Crippen molar-refractivity contribution in [1.29, 1.82) is 0 Å². The maximum absolute atomic E-state index is 12.2. The van der Waals surface area contributed by atoms with E-state index in [4.69, 9.17) is 5.53 Å². The van der Waals surface area contributed by atoms with Crippen LogP contribution in [-0.4, -0.2) is 55.8 Å². The molecule has 1 amide bonds. The fourth-order valence-electron chi connectivity index (χ4n) is 6.33. The molecule has 0 fully saturated rings. The number of azide groups is 1. The Morgan fingerprint density at radius 1 is 1.07 bits per heavy atom. The van der Waals surface area contributed by atoms with Gasteiger partial charge in [-0.05, 0) is 68.5 Å². The first-order valence-corrected chi connectivity index (χ1v) is 16.5. The van der Waals surface area contributed by atoms with Gasteiger partial charge >= 0.3 is 0 Å². The van der Waals surface area contributed by atoms with Crippen LogP contribution in [0.3, 0.4) is 0 Å². The molecule has 10 nitrogen and oxygen atoms in total. The maximum Gasteiger partial charge on any atom is 0.219 e. The summed E-state index contributed by atoms with van der Waals surface area (Å²) in [4.78, 5) is 16.8. The highest BCUT2D eigenvalue weighted by molar-refractivity contribution is 7.85. The van der Waals surface area contributed by atoms with Gasteiger partial charge in [-0.15, -0.1) is 0 Å². The van der Waals surface area contributed by atoms with Crippen LogP contribution in [0.25, 0.3) is 10.4 Å². The summed E-state index contributed by atoms with van der Waals surface area (Å²) in [5, 5.41) is 6.32. The standard InChI is InChI=1S/C33H42N6O4S/c1-32(2)25-13-8-9-14-27(25)38(5)29(32)15-11-16-30-33(3,4)26-23-24(44(41,42)43)18-19-28(26)39(30)22-10-6-7-17-31(40)35-20-12-21-36-37-34/h8-9,11,13-16,18-19,23H,6-7,10,12,17,20-22H2,1-5H3,(H-,35,40,41,42,43). The summed E-state index contributed by atoms with van der Waals surface area (Å²) in [6.45, 7) is 10.1. The van der Waals surface area contributed by atoms with Crippen molar-refractivity contribution in [2.45, 2.75) is 75.5 Å². The first-order chi connectivity index (χ1) is 20.8. The fraction of sp³-hybridized carbons (Fsp3) is 0.455. The molecule has 11 heteroatoms. The number of benzene rings is 2. The largest absolute Gasteiger partial charge is 0.744 e. The molecule has 4 rings (SSSR count). The molecular formula is C33H42N6O4S. The number of unbranched alkanes of at least 4 members (excludes halogenated alkanes) is 2. The summed E-state index contributed by atoms with van der Waals surface area (Å²) in [7, 11) is -2.52. The molecule has 2 aromatic rings. The van der Waals surface area contributed by atoms with E-state index >= 15 is 0 Å². The number of nitrogens with one attached hydrogen (secondary N) is 1. The van der Waals surface area contributed by atoms with Crippen LogP contribution in [0, 0.1) is 0 Å². The third kappa shape index (κ3) is 6.90. The van der Waals surface area contributed by atoms with Crippen LogP contribution < -0.4 is 10.2 Å². The van der Waals surface area contributed by atoms with Crippen molar-refractivity contribution in [2.75, 3.05) is 31.6 Å². The number of anilines is 1. The van der Waals surface area contributed by atoms with Crippen LogP contribution in [-0.2, 0) is 25.7 Å². The van der Waals surface area contributed by atoms with Crippen molar-refractivity contribution in [2.24, 2.45) is 5.11 Å². The minimum absolute atomic E-state index is 0.0184. The molecule has 0 bridgehead atoms. The second kappa shape index (κ2) is 13.4. The number of hydrogen-bond acceptors (Lipinski definition) is 6. The molecule has 0 radical (unpaired) electrons. The van der Waals surface area contributed by atoms with E-state index in [-0.39, 0.29) is 16.2 Å². The Balaban J connectivity index is 1.52. The third-order valence-electron chi connectivity index (χ3n) is 8.71. The molecule has 44 heavy (non-hydrogen) atoms. The molecule has 0 unspecified atom stereocenters. The fourth-order valence-corrected chi connectivity index (χ4v) is 6.82. The SMILES string of the molecule is C[N+]1=C(C=CC=C2N(CCCCCC(=O)NCCCN=[N+]=[N-])c3ccc(S(=O)(=O)[O-])cc3C2(C)C)C(C)(C)c2ccccc21. The molecule has 0 saturated heterocycles. The van der Waals surface area contributed by atoms with Crippen molar-refractivity contribution >= 4 is 33.1 Å². The van der Waals surface area contributed by atoms with Gasteiger partial charge < -0.3 is 14.8 Å². The van der Waals surface area contributed by atoms with Crippen molar-refractivity contribution in [3.05, 3.63) is 88.0 Å². The number of fused-ring (bicyclic) bond motifs is 2. The monoisotopic (exact) mass is 618 g/mol. The number of amides is 1. The average Bonchev–Trinajstić information content (AvgIpc) is 3.30. The van der Waals surface area contributed by atoms with E-state index in [2.05, 4.69) is 82.1 Å². The van der Waals surface area contributed by atoms with E-state index < -0.39 is 15.5 Å². The minimum Gasteiger partial charge on any atom is -0.744 e. The van der Waals surface area contributed by atoms with Gasteiger partial charge in [0, 0.05) is 65.5 Å². The summed E-state index contributed by atoms with van der Waals surface area (Å²) in [6.07, 6.45) is 9.72. The van der Waals surface area contributed by atoms with Gasteiger partial charge in [0.25, 0.3) is 0 Å². The molecule has 0 saturated carbocycles. The number of allylic oxidation sites excluding steroid dienone is 4. The first-order valence-electron chi connectivity index (χ1n) is 15.0. The van der Waals surface area contributed by atoms with Gasteiger partial charge in [0.15, 0.2) is 5.71 Å². The Morgan fingerprint density at radius 3 is 2.52 bits per heavy atom. The summed E-state index contributed by atoms with van der Waals surface area (Å²) < 4.78 is 37.8. The molecule has 2 aliphatic heterocycles. The lowest BCUT2D eigenvalue weighted by Gasteiger charge is -2.27. The molecular weight excluding hydrogens is 576 g/mol. The zero-order valence-electron chi connectivity index (χ0n) is 26.2. The summed E-state index contributed by atoms with van der Waals surface area (Å²) in [5.74, 6) is -0.0184. The Labute approximate surface area is 260 Å². The van der Waals surface area contributed by atoms with Crippen LogP contribution in [0.2, 0.25) is 0 Å². The van der Waals surface area contributed by atoms with Gasteiger partial charge in [0.2, 0.25) is 11.6 Å². The maximum atomic E-state index is 12.2. The highest BCUT2D eigenvalue weighted by Gasteiger charge is 2.43.